The number of carboxylic acids is 1. The molecule has 2 N–H and O–H groups in total. The number of hydroxylamine groups is 1. The lowest BCUT2D eigenvalue weighted by atomic mass is 10.1. The highest BCUT2D eigenvalue weighted by molar-refractivity contribution is 5.95. The van der Waals surface area contributed by atoms with E-state index in [-0.39, 0.29) is 5.76 Å². The average Bonchev–Trinajstić information content (AvgIpc) is 2.73. The molecule has 2 rings (SSSR count). The Kier molecular flexibility index (Phi) is 4.19. The molecule has 102 valence electrons. The summed E-state index contributed by atoms with van der Waals surface area (Å²) in [5.74, 6) is -0.703. The molecule has 0 aliphatic carbocycles. The molecule has 19 heavy (non-hydrogen) atoms. The first kappa shape index (κ1) is 13.6. The number of aromatic carboxylic acids is 1. The number of carbonyl (C=O) groups is 1. The van der Waals surface area contributed by atoms with Crippen molar-refractivity contribution >= 4 is 16.9 Å². The van der Waals surface area contributed by atoms with E-state index >= 15 is 0 Å². The van der Waals surface area contributed by atoms with Crippen LogP contribution >= 0.6 is 0 Å². The molecule has 0 bridgehead atoms. The predicted molar refractivity (Wildman–Crippen MR) is 70.8 cm³/mol. The van der Waals surface area contributed by atoms with Gasteiger partial charge in [-0.25, -0.2) is 4.79 Å². The predicted octanol–water partition coefficient (Wildman–Crippen LogP) is 2.81. The van der Waals surface area contributed by atoms with Crippen LogP contribution in [0.3, 0.4) is 0 Å². The summed E-state index contributed by atoms with van der Waals surface area (Å²) in [5, 5.41) is 9.94. The lowest BCUT2D eigenvalue weighted by Crippen LogP contribution is -2.18. The number of hydrogen-bond donors (Lipinski definition) is 2. The van der Waals surface area contributed by atoms with Crippen molar-refractivity contribution in [2.45, 2.75) is 20.4 Å². The molecule has 0 aliphatic rings. The molecule has 1 heterocycles. The fraction of sp³-hybridized carbons (Fsp3) is 0.357. The number of benzene rings is 1. The van der Waals surface area contributed by atoms with Crippen molar-refractivity contribution in [1.82, 2.24) is 5.48 Å². The summed E-state index contributed by atoms with van der Waals surface area (Å²) in [4.78, 5) is 16.4. The maximum Gasteiger partial charge on any atom is 0.372 e. The van der Waals surface area contributed by atoms with Gasteiger partial charge in [-0.3, -0.25) is 0 Å². The third-order valence-electron chi connectivity index (χ3n) is 2.66. The molecule has 0 saturated carbocycles. The lowest BCUT2D eigenvalue weighted by Gasteiger charge is -2.07. The van der Waals surface area contributed by atoms with E-state index in [1.54, 1.807) is 6.07 Å². The summed E-state index contributed by atoms with van der Waals surface area (Å²) < 4.78 is 5.34. The number of para-hydroxylation sites is 1. The molecule has 5 nitrogen and oxygen atoms in total. The van der Waals surface area contributed by atoms with Gasteiger partial charge in [-0.2, -0.15) is 5.48 Å². The van der Waals surface area contributed by atoms with Gasteiger partial charge < -0.3 is 14.4 Å². The monoisotopic (exact) mass is 263 g/mol. The van der Waals surface area contributed by atoms with Crippen molar-refractivity contribution in [1.29, 1.82) is 0 Å². The Balaban J connectivity index is 2.19. The summed E-state index contributed by atoms with van der Waals surface area (Å²) in [5.41, 5.74) is 3.96. The third kappa shape index (κ3) is 3.13. The number of carboxylic acid groups (broad SMARTS) is 1. The largest absolute Gasteiger partial charge is 0.475 e. The quantitative estimate of drug-likeness (QED) is 0.619. The van der Waals surface area contributed by atoms with E-state index in [4.69, 9.17) is 14.4 Å². The molecular formula is C14H17NO4. The molecule has 0 spiro atoms. The van der Waals surface area contributed by atoms with Gasteiger partial charge >= 0.3 is 5.97 Å². The second kappa shape index (κ2) is 5.86. The summed E-state index contributed by atoms with van der Waals surface area (Å²) in [6.07, 6.45) is 0. The van der Waals surface area contributed by atoms with E-state index in [1.165, 1.54) is 0 Å². The van der Waals surface area contributed by atoms with Crippen LogP contribution in [0.15, 0.2) is 28.7 Å². The Bertz CT molecular complexity index is 574. The first-order valence-corrected chi connectivity index (χ1v) is 6.18. The van der Waals surface area contributed by atoms with Gasteiger partial charge in [-0.05, 0) is 12.0 Å². The molecule has 0 amide bonds. The van der Waals surface area contributed by atoms with E-state index in [9.17, 15) is 4.79 Å². The summed E-state index contributed by atoms with van der Waals surface area (Å²) in [6, 6.07) is 7.25. The first-order chi connectivity index (χ1) is 9.09. The van der Waals surface area contributed by atoms with Crippen LogP contribution in [-0.2, 0) is 11.4 Å². The highest BCUT2D eigenvalue weighted by Crippen LogP contribution is 2.25. The Labute approximate surface area is 111 Å². The normalized spacial score (nSPS) is 11.3. The van der Waals surface area contributed by atoms with Crippen molar-refractivity contribution in [2.75, 3.05) is 6.61 Å². The van der Waals surface area contributed by atoms with Crippen molar-refractivity contribution in [3.8, 4) is 0 Å². The number of rotatable bonds is 6. The minimum Gasteiger partial charge on any atom is -0.475 e. The molecule has 1 aromatic heterocycles. The van der Waals surface area contributed by atoms with Crippen molar-refractivity contribution in [3.63, 3.8) is 0 Å². The van der Waals surface area contributed by atoms with Crippen LogP contribution in [0.5, 0.6) is 0 Å². The molecule has 0 atom stereocenters. The van der Waals surface area contributed by atoms with Crippen LogP contribution < -0.4 is 5.48 Å². The standard InChI is InChI=1S/C14H17NO4/c1-9(2)8-18-15-7-11-10-5-3-4-6-12(10)19-13(11)14(16)17/h3-6,9,15H,7-8H2,1-2H3,(H,16,17). The number of fused-ring (bicyclic) bond motifs is 1. The zero-order chi connectivity index (χ0) is 13.8. The van der Waals surface area contributed by atoms with Gasteiger partial charge in [0.2, 0.25) is 5.76 Å². The highest BCUT2D eigenvalue weighted by atomic mass is 16.6. The number of hydrogen-bond acceptors (Lipinski definition) is 4. The van der Waals surface area contributed by atoms with Gasteiger partial charge in [0.25, 0.3) is 0 Å². The van der Waals surface area contributed by atoms with Crippen LogP contribution in [0, 0.1) is 5.92 Å². The van der Waals surface area contributed by atoms with Crippen LogP contribution in [0.4, 0.5) is 0 Å². The van der Waals surface area contributed by atoms with Crippen LogP contribution in [0.25, 0.3) is 11.0 Å². The maximum atomic E-state index is 11.2. The van der Waals surface area contributed by atoms with Gasteiger partial charge in [0, 0.05) is 10.9 Å². The molecule has 0 fully saturated rings. The Morgan fingerprint density at radius 3 is 2.84 bits per heavy atom. The molecule has 0 radical (unpaired) electrons. The zero-order valence-electron chi connectivity index (χ0n) is 11.0. The molecule has 1 aromatic carbocycles. The molecule has 5 heteroatoms. The Morgan fingerprint density at radius 1 is 1.42 bits per heavy atom. The van der Waals surface area contributed by atoms with Gasteiger partial charge in [0.15, 0.2) is 0 Å². The molecule has 0 saturated heterocycles. The van der Waals surface area contributed by atoms with E-state index in [0.717, 1.165) is 5.39 Å². The van der Waals surface area contributed by atoms with Crippen molar-refractivity contribution < 1.29 is 19.2 Å². The smallest absolute Gasteiger partial charge is 0.372 e. The van der Waals surface area contributed by atoms with Gasteiger partial charge in [-0.1, -0.05) is 32.0 Å². The van der Waals surface area contributed by atoms with Crippen molar-refractivity contribution in [3.05, 3.63) is 35.6 Å². The fourth-order valence-corrected chi connectivity index (χ4v) is 1.80. The third-order valence-corrected chi connectivity index (χ3v) is 2.66. The van der Waals surface area contributed by atoms with Gasteiger partial charge in [-0.15, -0.1) is 0 Å². The second-order valence-electron chi connectivity index (χ2n) is 4.74. The molecular weight excluding hydrogens is 246 g/mol. The fourth-order valence-electron chi connectivity index (χ4n) is 1.80. The van der Waals surface area contributed by atoms with Crippen LogP contribution in [0.2, 0.25) is 0 Å². The maximum absolute atomic E-state index is 11.2. The molecule has 2 aromatic rings. The van der Waals surface area contributed by atoms with Crippen LogP contribution in [-0.4, -0.2) is 17.7 Å². The van der Waals surface area contributed by atoms with E-state index < -0.39 is 5.97 Å². The van der Waals surface area contributed by atoms with Crippen molar-refractivity contribution in [2.24, 2.45) is 5.92 Å². The number of furan rings is 1. The Hall–Kier alpha value is -1.85. The minimum atomic E-state index is -1.07. The van der Waals surface area contributed by atoms with E-state index in [1.807, 2.05) is 32.0 Å². The molecule has 0 unspecified atom stereocenters. The minimum absolute atomic E-state index is 0.0400. The first-order valence-electron chi connectivity index (χ1n) is 6.18. The SMILES string of the molecule is CC(C)CONCc1c(C(=O)O)oc2ccccc12. The summed E-state index contributed by atoms with van der Waals surface area (Å²) in [6.45, 7) is 4.94. The van der Waals surface area contributed by atoms with E-state index in [2.05, 4.69) is 5.48 Å². The second-order valence-corrected chi connectivity index (χ2v) is 4.74. The molecule has 0 aliphatic heterocycles. The Morgan fingerprint density at radius 2 is 2.16 bits per heavy atom. The van der Waals surface area contributed by atoms with Gasteiger partial charge in [0.1, 0.15) is 5.58 Å². The summed E-state index contributed by atoms with van der Waals surface area (Å²) >= 11 is 0. The van der Waals surface area contributed by atoms with Gasteiger partial charge in [0.05, 0.1) is 13.2 Å². The zero-order valence-corrected chi connectivity index (χ0v) is 11.0. The number of nitrogens with one attached hydrogen (secondary N) is 1. The highest BCUT2D eigenvalue weighted by Gasteiger charge is 2.19. The average molecular weight is 263 g/mol. The lowest BCUT2D eigenvalue weighted by molar-refractivity contribution is 0.0194. The topological polar surface area (TPSA) is 71.7 Å². The summed E-state index contributed by atoms with van der Waals surface area (Å²) in [7, 11) is 0. The van der Waals surface area contributed by atoms with Crippen LogP contribution in [0.1, 0.15) is 30.0 Å². The van der Waals surface area contributed by atoms with E-state index in [0.29, 0.717) is 30.2 Å².